The van der Waals surface area contributed by atoms with Crippen LogP contribution in [-0.2, 0) is 6.42 Å². The zero-order valence-electron chi connectivity index (χ0n) is 14.9. The van der Waals surface area contributed by atoms with Crippen molar-refractivity contribution in [1.29, 1.82) is 0 Å². The Bertz CT molecular complexity index is 803. The highest BCUT2D eigenvalue weighted by Crippen LogP contribution is 2.61. The largest absolute Gasteiger partial charge is 0.508 e. The molecule has 2 aromatic rings. The van der Waals surface area contributed by atoms with Gasteiger partial charge in [0.05, 0.1) is 0 Å². The van der Waals surface area contributed by atoms with Gasteiger partial charge in [0.15, 0.2) is 0 Å². The number of hydrogen-bond donors (Lipinski definition) is 1. The Morgan fingerprint density at radius 1 is 1.25 bits per heavy atom. The number of rotatable bonds is 3. The molecule has 1 fully saturated rings. The fraction of sp³-hybridized carbons (Fsp3) is 0.478. The number of aromatic hydroxyl groups is 1. The molecule has 2 aliphatic carbocycles. The summed E-state index contributed by atoms with van der Waals surface area (Å²) < 4.78 is 0. The van der Waals surface area contributed by atoms with Crippen LogP contribution in [0.25, 0.3) is 10.8 Å². The molecule has 0 amide bonds. The van der Waals surface area contributed by atoms with E-state index in [0.29, 0.717) is 23.0 Å². The van der Waals surface area contributed by atoms with Crippen molar-refractivity contribution < 1.29 is 5.11 Å². The van der Waals surface area contributed by atoms with Crippen molar-refractivity contribution in [2.45, 2.75) is 58.3 Å². The van der Waals surface area contributed by atoms with Gasteiger partial charge in [0.1, 0.15) is 5.75 Å². The molecule has 2 aliphatic rings. The number of phenols is 1. The van der Waals surface area contributed by atoms with Gasteiger partial charge in [-0.1, -0.05) is 50.6 Å². The van der Waals surface area contributed by atoms with Crippen molar-refractivity contribution in [2.24, 2.45) is 11.3 Å². The van der Waals surface area contributed by atoms with Crippen LogP contribution < -0.4 is 0 Å². The summed E-state index contributed by atoms with van der Waals surface area (Å²) in [4.78, 5) is 0. The second kappa shape index (κ2) is 5.65. The van der Waals surface area contributed by atoms with Crippen molar-refractivity contribution in [1.82, 2.24) is 0 Å². The molecule has 4 rings (SSSR count). The van der Waals surface area contributed by atoms with Crippen LogP contribution in [0.5, 0.6) is 5.75 Å². The molecular weight excluding hydrogens is 292 g/mol. The van der Waals surface area contributed by atoms with Gasteiger partial charge in [-0.25, -0.2) is 0 Å². The van der Waals surface area contributed by atoms with E-state index in [-0.39, 0.29) is 0 Å². The molecule has 3 unspecified atom stereocenters. The average molecular weight is 320 g/mol. The van der Waals surface area contributed by atoms with E-state index in [1.807, 2.05) is 12.1 Å². The van der Waals surface area contributed by atoms with E-state index >= 15 is 0 Å². The maximum atomic E-state index is 9.76. The zero-order valence-corrected chi connectivity index (χ0v) is 14.9. The molecule has 0 aliphatic heterocycles. The summed E-state index contributed by atoms with van der Waals surface area (Å²) in [5, 5.41) is 12.3. The average Bonchev–Trinajstić information content (AvgIpc) is 2.92. The van der Waals surface area contributed by atoms with Gasteiger partial charge in [0.2, 0.25) is 0 Å². The number of fused-ring (bicyclic) bond motifs is 5. The molecule has 0 bridgehead atoms. The summed E-state index contributed by atoms with van der Waals surface area (Å²) in [6.07, 6.45) is 7.39. The zero-order chi connectivity index (χ0) is 16.9. The Morgan fingerprint density at radius 3 is 2.88 bits per heavy atom. The highest BCUT2D eigenvalue weighted by Gasteiger charge is 2.50. The Labute approximate surface area is 145 Å². The summed E-state index contributed by atoms with van der Waals surface area (Å²) in [5.74, 6) is 1.71. The Kier molecular flexibility index (Phi) is 3.71. The lowest BCUT2D eigenvalue weighted by Crippen LogP contribution is -2.33. The molecule has 1 N–H and O–H groups in total. The maximum Gasteiger partial charge on any atom is 0.116 e. The first kappa shape index (κ1) is 15.7. The van der Waals surface area contributed by atoms with Crippen molar-refractivity contribution in [3.8, 4) is 5.75 Å². The SMILES string of the molecule is C=C(CCC)C1CCC2c3ccc4cc(O)ccc4c3CCC12C. The smallest absolute Gasteiger partial charge is 0.116 e. The van der Waals surface area contributed by atoms with E-state index in [0.717, 1.165) is 6.42 Å². The van der Waals surface area contributed by atoms with Gasteiger partial charge in [-0.2, -0.15) is 0 Å². The number of allylic oxidation sites excluding steroid dienone is 1. The normalized spacial score (nSPS) is 28.6. The third-order valence-electron chi connectivity index (χ3n) is 6.84. The van der Waals surface area contributed by atoms with E-state index in [1.165, 1.54) is 54.0 Å². The lowest BCUT2D eigenvalue weighted by atomic mass is 9.61. The summed E-state index contributed by atoms with van der Waals surface area (Å²) >= 11 is 0. The monoisotopic (exact) mass is 320 g/mol. The maximum absolute atomic E-state index is 9.76. The lowest BCUT2D eigenvalue weighted by Gasteiger charge is -2.43. The summed E-state index contributed by atoms with van der Waals surface area (Å²) in [5.41, 5.74) is 4.95. The minimum Gasteiger partial charge on any atom is -0.508 e. The van der Waals surface area contributed by atoms with E-state index < -0.39 is 0 Å². The molecule has 126 valence electrons. The van der Waals surface area contributed by atoms with Gasteiger partial charge in [-0.3, -0.25) is 0 Å². The summed E-state index contributed by atoms with van der Waals surface area (Å²) in [6.45, 7) is 9.23. The van der Waals surface area contributed by atoms with Crippen LogP contribution in [0, 0.1) is 11.3 Å². The molecule has 2 aromatic carbocycles. The van der Waals surface area contributed by atoms with Crippen LogP contribution in [0.2, 0.25) is 0 Å². The van der Waals surface area contributed by atoms with Crippen molar-refractivity contribution in [3.63, 3.8) is 0 Å². The number of hydrogen-bond acceptors (Lipinski definition) is 1. The number of benzene rings is 2. The highest BCUT2D eigenvalue weighted by molar-refractivity contribution is 5.88. The third-order valence-corrected chi connectivity index (χ3v) is 6.84. The molecule has 0 heterocycles. The van der Waals surface area contributed by atoms with Crippen molar-refractivity contribution in [2.75, 3.05) is 0 Å². The van der Waals surface area contributed by atoms with Gasteiger partial charge in [0, 0.05) is 0 Å². The van der Waals surface area contributed by atoms with E-state index in [2.05, 4.69) is 38.6 Å². The molecule has 1 saturated carbocycles. The van der Waals surface area contributed by atoms with Crippen LogP contribution >= 0.6 is 0 Å². The van der Waals surface area contributed by atoms with Crippen LogP contribution in [-0.4, -0.2) is 5.11 Å². The van der Waals surface area contributed by atoms with Crippen LogP contribution in [0.4, 0.5) is 0 Å². The Hall–Kier alpha value is -1.76. The molecular formula is C23H28O. The minimum atomic E-state index is 0.361. The fourth-order valence-corrected chi connectivity index (χ4v) is 5.66. The Morgan fingerprint density at radius 2 is 2.08 bits per heavy atom. The van der Waals surface area contributed by atoms with E-state index in [9.17, 15) is 5.11 Å². The van der Waals surface area contributed by atoms with Gasteiger partial charge in [0.25, 0.3) is 0 Å². The van der Waals surface area contributed by atoms with Crippen LogP contribution in [0.3, 0.4) is 0 Å². The first-order valence-corrected chi connectivity index (χ1v) is 9.46. The van der Waals surface area contributed by atoms with Gasteiger partial charge in [-0.15, -0.1) is 0 Å². The third kappa shape index (κ3) is 2.21. The quantitative estimate of drug-likeness (QED) is 0.653. The predicted molar refractivity (Wildman–Crippen MR) is 102 cm³/mol. The molecule has 0 radical (unpaired) electrons. The fourth-order valence-electron chi connectivity index (χ4n) is 5.66. The van der Waals surface area contributed by atoms with Crippen molar-refractivity contribution >= 4 is 10.8 Å². The molecule has 0 spiro atoms. The molecule has 1 nitrogen and oxygen atoms in total. The van der Waals surface area contributed by atoms with Crippen LogP contribution in [0.1, 0.15) is 63.0 Å². The predicted octanol–water partition coefficient (Wildman–Crippen LogP) is 6.35. The van der Waals surface area contributed by atoms with E-state index in [4.69, 9.17) is 0 Å². The van der Waals surface area contributed by atoms with Crippen LogP contribution in [0.15, 0.2) is 42.5 Å². The summed E-state index contributed by atoms with van der Waals surface area (Å²) in [6, 6.07) is 10.4. The van der Waals surface area contributed by atoms with Gasteiger partial charge < -0.3 is 5.11 Å². The molecule has 24 heavy (non-hydrogen) atoms. The molecule has 1 heteroatoms. The first-order chi connectivity index (χ1) is 11.5. The topological polar surface area (TPSA) is 20.2 Å². The summed E-state index contributed by atoms with van der Waals surface area (Å²) in [7, 11) is 0. The molecule has 0 aromatic heterocycles. The van der Waals surface area contributed by atoms with Crippen molar-refractivity contribution in [3.05, 3.63) is 53.6 Å². The number of phenolic OH excluding ortho intramolecular Hbond substituents is 1. The second-order valence-corrected chi connectivity index (χ2v) is 8.14. The second-order valence-electron chi connectivity index (χ2n) is 8.14. The minimum absolute atomic E-state index is 0.361. The van der Waals surface area contributed by atoms with E-state index in [1.54, 1.807) is 5.56 Å². The first-order valence-electron chi connectivity index (χ1n) is 9.46. The highest BCUT2D eigenvalue weighted by atomic mass is 16.3. The van der Waals surface area contributed by atoms with Gasteiger partial charge in [-0.05, 0) is 83.4 Å². The molecule has 3 atom stereocenters. The number of aryl methyl sites for hydroxylation is 1. The lowest BCUT2D eigenvalue weighted by molar-refractivity contribution is 0.194. The Balaban J connectivity index is 1.77. The van der Waals surface area contributed by atoms with Gasteiger partial charge >= 0.3 is 0 Å². The molecule has 0 saturated heterocycles. The standard InChI is InChI=1S/C23H28O/c1-4-5-15(2)21-10-11-22-20-8-6-16-14-17(24)7-9-18(16)19(20)12-13-23(21,22)3/h6-9,14,21-22,24H,2,4-5,10-13H2,1,3H3.